The Bertz CT molecular complexity index is 2650. The first-order valence-electron chi connectivity index (χ1n) is 14.7. The van der Waals surface area contributed by atoms with E-state index in [0.29, 0.717) is 0 Å². The van der Waals surface area contributed by atoms with Gasteiger partial charge in [0, 0.05) is 37.5 Å². The third-order valence-electron chi connectivity index (χ3n) is 9.06. The molecule has 10 rings (SSSR count). The van der Waals surface area contributed by atoms with E-state index < -0.39 is 0 Å². The molecular weight excluding hydrogens is 541 g/mol. The predicted molar refractivity (Wildman–Crippen MR) is 184 cm³/mol. The Hall–Kier alpha value is -5.38. The van der Waals surface area contributed by atoms with Gasteiger partial charge in [-0.15, -0.1) is 11.3 Å². The predicted octanol–water partition coefficient (Wildman–Crippen LogP) is 11.3. The maximum atomic E-state index is 2.48. The third kappa shape index (κ3) is 3.17. The zero-order valence-corrected chi connectivity index (χ0v) is 24.0. The number of hydrogen-bond acceptors (Lipinski definition) is 1. The van der Waals surface area contributed by atoms with E-state index in [2.05, 4.69) is 155 Å². The Morgan fingerprint density at radius 3 is 1.84 bits per heavy atom. The van der Waals surface area contributed by atoms with Crippen molar-refractivity contribution >= 4 is 70.6 Å². The molecule has 4 heterocycles. The maximum Gasteiger partial charge on any atom is 0.0656 e. The van der Waals surface area contributed by atoms with Crippen LogP contribution in [-0.2, 0) is 0 Å². The molecule has 0 spiro atoms. The van der Waals surface area contributed by atoms with Crippen LogP contribution in [0, 0.1) is 0 Å². The normalized spacial score (nSPS) is 12.2. The van der Waals surface area contributed by atoms with Crippen LogP contribution in [-0.4, -0.2) is 8.97 Å². The van der Waals surface area contributed by atoms with E-state index in [-0.39, 0.29) is 0 Å². The van der Waals surface area contributed by atoms with Gasteiger partial charge in [0.2, 0.25) is 0 Å². The summed E-state index contributed by atoms with van der Waals surface area (Å²) in [6, 6.07) is 53.2. The lowest BCUT2D eigenvalue weighted by molar-refractivity contribution is 1.18. The van der Waals surface area contributed by atoms with Gasteiger partial charge in [-0.25, -0.2) is 0 Å². The van der Waals surface area contributed by atoms with Crippen molar-refractivity contribution in [2.75, 3.05) is 0 Å². The molecule has 2 nitrogen and oxygen atoms in total. The molecule has 0 amide bonds. The van der Waals surface area contributed by atoms with Crippen molar-refractivity contribution in [2.24, 2.45) is 0 Å². The lowest BCUT2D eigenvalue weighted by Crippen LogP contribution is -1.92. The molecule has 0 aliphatic carbocycles. The van der Waals surface area contributed by atoms with E-state index in [1.165, 1.54) is 86.5 Å². The quantitative estimate of drug-likeness (QED) is 0.202. The highest BCUT2D eigenvalue weighted by Gasteiger charge is 2.20. The zero-order valence-electron chi connectivity index (χ0n) is 23.2. The SMILES string of the molecule is c1ccc(-c2cc3c(s2)c2cccc4c5cc(-c6ccc7c(c6)c6ccccc6n7-c6ccccc6)ccc5n3c42)cc1. The number of hydrogen-bond donors (Lipinski definition) is 0. The molecule has 0 radical (unpaired) electrons. The van der Waals surface area contributed by atoms with E-state index in [0.717, 1.165) is 0 Å². The molecule has 0 atom stereocenters. The van der Waals surface area contributed by atoms with Gasteiger partial charge in [-0.2, -0.15) is 0 Å². The fourth-order valence-corrected chi connectivity index (χ4v) is 8.35. The first-order valence-corrected chi connectivity index (χ1v) is 15.5. The minimum absolute atomic E-state index is 1.18. The molecule has 0 fully saturated rings. The van der Waals surface area contributed by atoms with E-state index >= 15 is 0 Å². The van der Waals surface area contributed by atoms with E-state index in [1.54, 1.807) is 0 Å². The third-order valence-corrected chi connectivity index (χ3v) is 10.3. The second kappa shape index (κ2) is 8.57. The molecule has 0 aliphatic heterocycles. The van der Waals surface area contributed by atoms with Gasteiger partial charge in [-0.05, 0) is 65.2 Å². The second-order valence-corrected chi connectivity index (χ2v) is 12.4. The van der Waals surface area contributed by atoms with Crippen molar-refractivity contribution in [1.82, 2.24) is 8.97 Å². The van der Waals surface area contributed by atoms with Crippen LogP contribution in [0.25, 0.3) is 86.5 Å². The van der Waals surface area contributed by atoms with Crippen LogP contribution in [0.1, 0.15) is 0 Å². The molecular formula is C40H24N2S. The van der Waals surface area contributed by atoms with Gasteiger partial charge >= 0.3 is 0 Å². The summed E-state index contributed by atoms with van der Waals surface area (Å²) in [5.74, 6) is 0. The first-order chi connectivity index (χ1) is 21.3. The minimum Gasteiger partial charge on any atom is -0.309 e. The average molecular weight is 565 g/mol. The number of rotatable bonds is 3. The zero-order chi connectivity index (χ0) is 28.1. The summed E-state index contributed by atoms with van der Waals surface area (Å²) < 4.78 is 6.23. The van der Waals surface area contributed by atoms with Crippen molar-refractivity contribution in [3.8, 4) is 27.3 Å². The molecule has 0 bridgehead atoms. The van der Waals surface area contributed by atoms with Crippen molar-refractivity contribution in [1.29, 1.82) is 0 Å². The van der Waals surface area contributed by atoms with E-state index in [4.69, 9.17) is 0 Å². The van der Waals surface area contributed by atoms with Gasteiger partial charge in [-0.3, -0.25) is 0 Å². The van der Waals surface area contributed by atoms with Crippen LogP contribution >= 0.6 is 11.3 Å². The molecule has 200 valence electrons. The molecule has 4 aromatic heterocycles. The Morgan fingerprint density at radius 1 is 0.395 bits per heavy atom. The number of nitrogens with zero attached hydrogens (tertiary/aromatic N) is 2. The van der Waals surface area contributed by atoms with Crippen LogP contribution in [0.4, 0.5) is 0 Å². The van der Waals surface area contributed by atoms with Gasteiger partial charge in [0.1, 0.15) is 0 Å². The largest absolute Gasteiger partial charge is 0.309 e. The molecule has 0 unspecified atom stereocenters. The van der Waals surface area contributed by atoms with Crippen molar-refractivity contribution < 1.29 is 0 Å². The topological polar surface area (TPSA) is 9.34 Å². The number of aromatic nitrogens is 2. The van der Waals surface area contributed by atoms with Gasteiger partial charge in [0.05, 0.1) is 32.3 Å². The number of benzene rings is 6. The van der Waals surface area contributed by atoms with Crippen LogP contribution < -0.4 is 0 Å². The van der Waals surface area contributed by atoms with Crippen molar-refractivity contribution in [3.63, 3.8) is 0 Å². The Morgan fingerprint density at radius 2 is 1.02 bits per heavy atom. The molecule has 6 aromatic carbocycles. The lowest BCUT2D eigenvalue weighted by atomic mass is 10.0. The summed E-state index contributed by atoms with van der Waals surface area (Å²) in [7, 11) is 0. The smallest absolute Gasteiger partial charge is 0.0656 e. The highest BCUT2D eigenvalue weighted by atomic mass is 32.1. The summed E-state index contributed by atoms with van der Waals surface area (Å²) in [5.41, 5.74) is 11.3. The summed E-state index contributed by atoms with van der Waals surface area (Å²) in [5, 5.41) is 6.52. The van der Waals surface area contributed by atoms with Gasteiger partial charge < -0.3 is 8.97 Å². The lowest BCUT2D eigenvalue weighted by Gasteiger charge is -2.08. The van der Waals surface area contributed by atoms with Gasteiger partial charge in [-0.1, -0.05) is 97.1 Å². The van der Waals surface area contributed by atoms with Crippen molar-refractivity contribution in [3.05, 3.63) is 146 Å². The molecule has 10 aromatic rings. The average Bonchev–Trinajstić information content (AvgIpc) is 3.81. The maximum absolute atomic E-state index is 2.48. The number of thiophene rings is 1. The van der Waals surface area contributed by atoms with Gasteiger partial charge in [0.15, 0.2) is 0 Å². The molecule has 0 saturated carbocycles. The molecule has 0 aliphatic rings. The minimum atomic E-state index is 1.18. The molecule has 0 N–H and O–H groups in total. The second-order valence-electron chi connectivity index (χ2n) is 11.4. The fourth-order valence-electron chi connectivity index (χ4n) is 7.17. The Kier molecular flexibility index (Phi) is 4.63. The van der Waals surface area contributed by atoms with Crippen molar-refractivity contribution in [2.45, 2.75) is 0 Å². The monoisotopic (exact) mass is 564 g/mol. The summed E-state index contributed by atoms with van der Waals surface area (Å²) in [6.45, 7) is 0. The Balaban J connectivity index is 1.19. The number of fused-ring (bicyclic) bond motifs is 9. The molecule has 43 heavy (non-hydrogen) atoms. The molecule has 0 saturated heterocycles. The van der Waals surface area contributed by atoms with E-state index in [1.807, 2.05) is 11.3 Å². The summed E-state index contributed by atoms with van der Waals surface area (Å²) in [6.07, 6.45) is 0. The highest BCUT2D eigenvalue weighted by Crippen LogP contribution is 2.45. The van der Waals surface area contributed by atoms with Gasteiger partial charge in [0.25, 0.3) is 0 Å². The fraction of sp³-hybridized carbons (Fsp3) is 0. The first kappa shape index (κ1) is 23.2. The van der Waals surface area contributed by atoms with Crippen LogP contribution in [0.2, 0.25) is 0 Å². The number of para-hydroxylation sites is 3. The van der Waals surface area contributed by atoms with Crippen LogP contribution in [0.15, 0.2) is 146 Å². The Labute approximate surface area is 251 Å². The standard InChI is InChI=1S/C40H24N2S/c1-3-10-25(11-4-1)38-24-37-40(43-38)31-16-9-15-30-33-23-27(19-21-36(33)42(37)39(30)31)26-18-20-35-32(22-26)29-14-7-8-17-34(29)41(35)28-12-5-2-6-13-28/h1-24H. The van der Waals surface area contributed by atoms with Crippen LogP contribution in [0.3, 0.4) is 0 Å². The molecule has 3 heteroatoms. The summed E-state index contributed by atoms with van der Waals surface area (Å²) >= 11 is 1.90. The van der Waals surface area contributed by atoms with Crippen LogP contribution in [0.5, 0.6) is 0 Å². The highest BCUT2D eigenvalue weighted by molar-refractivity contribution is 7.23. The summed E-state index contributed by atoms with van der Waals surface area (Å²) in [4.78, 5) is 1.31. The van der Waals surface area contributed by atoms with E-state index in [9.17, 15) is 0 Å².